The van der Waals surface area contributed by atoms with Crippen LogP contribution in [0, 0.1) is 20.2 Å². The van der Waals surface area contributed by atoms with Gasteiger partial charge in [0.05, 0.1) is 44.4 Å². The van der Waals surface area contributed by atoms with Gasteiger partial charge in [-0.2, -0.15) is 0 Å². The Morgan fingerprint density at radius 2 is 1.76 bits per heavy atom. The molecule has 0 saturated carbocycles. The number of fused-ring (bicyclic) bond motifs is 1. The molecule has 236 valence electrons. The Hall–Kier alpha value is -5.63. The van der Waals surface area contributed by atoms with Crippen molar-refractivity contribution in [1.82, 2.24) is 4.57 Å². The van der Waals surface area contributed by atoms with Crippen LogP contribution >= 0.6 is 11.3 Å². The van der Waals surface area contributed by atoms with Crippen molar-refractivity contribution in [2.24, 2.45) is 4.99 Å². The second kappa shape index (κ2) is 13.2. The Morgan fingerprint density at radius 1 is 1.04 bits per heavy atom. The van der Waals surface area contributed by atoms with Gasteiger partial charge in [-0.3, -0.25) is 29.6 Å². The van der Waals surface area contributed by atoms with Crippen molar-refractivity contribution in [3.05, 3.63) is 129 Å². The van der Waals surface area contributed by atoms with Gasteiger partial charge in [0.25, 0.3) is 11.2 Å². The number of carbonyl (C=O) groups excluding carboxylic acids is 1. The number of hydrogen-bond acceptors (Lipinski definition) is 11. The molecule has 13 nitrogen and oxygen atoms in total. The molecule has 0 saturated heterocycles. The molecule has 1 atom stereocenters. The van der Waals surface area contributed by atoms with E-state index in [2.05, 4.69) is 4.99 Å². The summed E-state index contributed by atoms with van der Waals surface area (Å²) >= 11 is 1.16. The molecule has 0 aliphatic carbocycles. The number of nitro groups is 2. The predicted molar refractivity (Wildman–Crippen MR) is 169 cm³/mol. The number of ether oxygens (including phenoxy) is 3. The maximum atomic E-state index is 14.0. The second-order valence-corrected chi connectivity index (χ2v) is 11.4. The number of benzene rings is 3. The van der Waals surface area contributed by atoms with E-state index in [1.807, 2.05) is 32.0 Å². The van der Waals surface area contributed by atoms with Gasteiger partial charge < -0.3 is 14.2 Å². The first-order valence-electron chi connectivity index (χ1n) is 14.1. The van der Waals surface area contributed by atoms with E-state index in [9.17, 15) is 29.8 Å². The van der Waals surface area contributed by atoms with E-state index >= 15 is 0 Å². The minimum Gasteiger partial charge on any atom is -0.491 e. The molecule has 0 radical (unpaired) electrons. The number of thiazole rings is 1. The highest BCUT2D eigenvalue weighted by atomic mass is 32.1. The molecule has 1 aliphatic heterocycles. The standard InChI is InChI=1S/C32H28N4O9S/c1-5-43-31(38)28-19(4)33-32-34(29(28)23-8-6-7-9-25(23)44-18(2)3)30(37)27(46-32)16-20-10-13-22(14-11-20)45-26-15-12-21(35(39)40)17-24(26)36(41)42/h6-18,29H,5H2,1-4H3/b27-16+/t29-/m0/s1. The third-order valence-electron chi connectivity index (χ3n) is 6.85. The zero-order chi connectivity index (χ0) is 33.1. The largest absolute Gasteiger partial charge is 0.491 e. The number of esters is 1. The van der Waals surface area contributed by atoms with Crippen molar-refractivity contribution in [2.75, 3.05) is 6.61 Å². The first kappa shape index (κ1) is 31.8. The van der Waals surface area contributed by atoms with E-state index in [-0.39, 0.29) is 35.3 Å². The van der Waals surface area contributed by atoms with E-state index in [1.54, 1.807) is 50.3 Å². The highest BCUT2D eigenvalue weighted by Gasteiger charge is 2.35. The Labute approximate surface area is 265 Å². The van der Waals surface area contributed by atoms with Crippen molar-refractivity contribution < 1.29 is 28.9 Å². The average molecular weight is 645 g/mol. The number of para-hydroxylation sites is 1. The quantitative estimate of drug-likeness (QED) is 0.128. The van der Waals surface area contributed by atoms with Crippen molar-refractivity contribution in [2.45, 2.75) is 39.8 Å². The van der Waals surface area contributed by atoms with Gasteiger partial charge in [-0.05, 0) is 63.6 Å². The van der Waals surface area contributed by atoms with Gasteiger partial charge in [-0.25, -0.2) is 9.79 Å². The minimum absolute atomic E-state index is 0.147. The van der Waals surface area contributed by atoms with Crippen LogP contribution in [0.5, 0.6) is 17.2 Å². The lowest BCUT2D eigenvalue weighted by Crippen LogP contribution is -2.40. The number of nitrogens with zero attached hydrogens (tertiary/aromatic N) is 4. The van der Waals surface area contributed by atoms with Crippen LogP contribution in [0.1, 0.15) is 44.9 Å². The van der Waals surface area contributed by atoms with Crippen molar-refractivity contribution in [1.29, 1.82) is 0 Å². The second-order valence-electron chi connectivity index (χ2n) is 10.3. The van der Waals surface area contributed by atoms with Gasteiger partial charge in [0.2, 0.25) is 5.75 Å². The molecule has 14 heteroatoms. The Bertz CT molecular complexity index is 2060. The van der Waals surface area contributed by atoms with E-state index in [1.165, 1.54) is 4.57 Å². The van der Waals surface area contributed by atoms with Crippen molar-refractivity contribution >= 4 is 34.8 Å². The molecule has 2 heterocycles. The first-order valence-corrected chi connectivity index (χ1v) is 15.0. The fraction of sp³-hybridized carbons (Fsp3) is 0.219. The summed E-state index contributed by atoms with van der Waals surface area (Å²) in [5.74, 6) is 0.0295. The summed E-state index contributed by atoms with van der Waals surface area (Å²) in [5.41, 5.74) is 0.551. The number of non-ortho nitro benzene ring substituents is 1. The van der Waals surface area contributed by atoms with Gasteiger partial charge in [0.15, 0.2) is 4.80 Å². The summed E-state index contributed by atoms with van der Waals surface area (Å²) in [6, 6.07) is 15.9. The fourth-order valence-electron chi connectivity index (χ4n) is 4.91. The van der Waals surface area contributed by atoms with E-state index in [0.29, 0.717) is 31.9 Å². The number of aromatic nitrogens is 1. The molecule has 0 bridgehead atoms. The van der Waals surface area contributed by atoms with Crippen LogP contribution in [-0.4, -0.2) is 33.1 Å². The molecule has 3 aromatic carbocycles. The topological polar surface area (TPSA) is 165 Å². The molecule has 0 fully saturated rings. The zero-order valence-corrected chi connectivity index (χ0v) is 26.0. The number of hydrogen-bond donors (Lipinski definition) is 0. The van der Waals surface area contributed by atoms with E-state index in [4.69, 9.17) is 14.2 Å². The molecule has 5 rings (SSSR count). The van der Waals surface area contributed by atoms with Gasteiger partial charge in [-0.15, -0.1) is 0 Å². The van der Waals surface area contributed by atoms with Crippen LogP contribution in [-0.2, 0) is 9.53 Å². The smallest absolute Gasteiger partial charge is 0.338 e. The summed E-state index contributed by atoms with van der Waals surface area (Å²) in [4.78, 5) is 53.2. The summed E-state index contributed by atoms with van der Waals surface area (Å²) in [5, 5.41) is 22.5. The molecular weight excluding hydrogens is 616 g/mol. The Balaban J connectivity index is 1.55. The van der Waals surface area contributed by atoms with E-state index < -0.39 is 33.2 Å². The molecule has 4 aromatic rings. The molecule has 0 spiro atoms. The third-order valence-corrected chi connectivity index (χ3v) is 7.83. The SMILES string of the molecule is CCOC(=O)C1=C(C)N=c2s/c(=C/c3ccc(Oc4ccc([N+](=O)[O-])cc4[N+](=O)[O-])cc3)c(=O)n2[C@H]1c1ccccc1OC(C)C. The lowest BCUT2D eigenvalue weighted by Gasteiger charge is -2.26. The van der Waals surface area contributed by atoms with Crippen LogP contribution in [0.15, 0.2) is 87.8 Å². The zero-order valence-electron chi connectivity index (χ0n) is 25.2. The number of allylic oxidation sites excluding steroid dienone is 1. The summed E-state index contributed by atoms with van der Waals surface area (Å²) < 4.78 is 18.9. The fourth-order valence-corrected chi connectivity index (χ4v) is 5.96. The number of nitro benzene ring substituents is 2. The van der Waals surface area contributed by atoms with Gasteiger partial charge >= 0.3 is 11.7 Å². The van der Waals surface area contributed by atoms with Gasteiger partial charge in [-0.1, -0.05) is 41.7 Å². The van der Waals surface area contributed by atoms with Crippen molar-refractivity contribution in [3.8, 4) is 17.2 Å². The highest BCUT2D eigenvalue weighted by Crippen LogP contribution is 2.37. The summed E-state index contributed by atoms with van der Waals surface area (Å²) in [6.45, 7) is 7.33. The van der Waals surface area contributed by atoms with Crippen LogP contribution in [0.25, 0.3) is 6.08 Å². The molecular formula is C32H28N4O9S. The minimum atomic E-state index is -0.847. The highest BCUT2D eigenvalue weighted by molar-refractivity contribution is 7.07. The molecule has 0 amide bonds. The number of carbonyl (C=O) groups is 1. The summed E-state index contributed by atoms with van der Waals surface area (Å²) in [7, 11) is 0. The lowest BCUT2D eigenvalue weighted by atomic mass is 9.95. The molecule has 0 N–H and O–H groups in total. The van der Waals surface area contributed by atoms with Crippen LogP contribution in [0.2, 0.25) is 0 Å². The molecule has 0 unspecified atom stereocenters. The normalized spacial score (nSPS) is 14.5. The van der Waals surface area contributed by atoms with Crippen LogP contribution < -0.4 is 24.4 Å². The molecule has 1 aliphatic rings. The lowest BCUT2D eigenvalue weighted by molar-refractivity contribution is -0.394. The van der Waals surface area contributed by atoms with Crippen LogP contribution in [0.3, 0.4) is 0 Å². The number of rotatable bonds is 10. The monoisotopic (exact) mass is 644 g/mol. The van der Waals surface area contributed by atoms with Gasteiger partial charge in [0, 0.05) is 11.6 Å². The maximum Gasteiger partial charge on any atom is 0.338 e. The van der Waals surface area contributed by atoms with Gasteiger partial charge in [0.1, 0.15) is 17.5 Å². The third kappa shape index (κ3) is 6.42. The Kier molecular flexibility index (Phi) is 9.09. The van der Waals surface area contributed by atoms with Crippen LogP contribution in [0.4, 0.5) is 11.4 Å². The Morgan fingerprint density at radius 3 is 2.41 bits per heavy atom. The molecule has 46 heavy (non-hydrogen) atoms. The van der Waals surface area contributed by atoms with E-state index in [0.717, 1.165) is 29.5 Å². The molecule has 1 aromatic heterocycles. The summed E-state index contributed by atoms with van der Waals surface area (Å²) in [6.07, 6.45) is 1.51. The van der Waals surface area contributed by atoms with Crippen molar-refractivity contribution in [3.63, 3.8) is 0 Å². The maximum absolute atomic E-state index is 14.0. The first-order chi connectivity index (χ1) is 22.0. The average Bonchev–Trinajstić information content (AvgIpc) is 3.31. The predicted octanol–water partition coefficient (Wildman–Crippen LogP) is 5.19.